The second-order valence-electron chi connectivity index (χ2n) is 15.0. The Hall–Kier alpha value is -2.02. The molecule has 7 nitrogen and oxygen atoms in total. The van der Waals surface area contributed by atoms with E-state index in [1.807, 2.05) is 0 Å². The highest BCUT2D eigenvalue weighted by atomic mass is 16.5. The van der Waals surface area contributed by atoms with Crippen LogP contribution in [-0.2, 0) is 19.1 Å². The summed E-state index contributed by atoms with van der Waals surface area (Å²) < 4.78 is 13.0. The Bertz CT molecular complexity index is 974. The van der Waals surface area contributed by atoms with Crippen molar-refractivity contribution < 1.29 is 19.1 Å². The topological polar surface area (TPSA) is 117 Å². The summed E-state index contributed by atoms with van der Waals surface area (Å²) in [5.74, 6) is 4.34. The standard InChI is InChI=1S/C37H67N3O4/c1-25(2)14-11-15-26(3)16-12-17-27(4)18-13-21-37(8)22-20-31-30(7)34(28(5)29(6)35(31)44-37)43-24-33(41)40-23-10-9-19-32(38)36(39)42/h25-27,30-32H,9-24,38H2,1-8H3,(H2,39,42)(H,40,41)/t26-,27-,30+,31?,32+,37-/m1/s1. The number of ether oxygens (including phenoxy) is 2. The van der Waals surface area contributed by atoms with Crippen LogP contribution in [0.2, 0.25) is 0 Å². The van der Waals surface area contributed by atoms with E-state index in [0.717, 1.165) is 72.5 Å². The van der Waals surface area contributed by atoms with Crippen molar-refractivity contribution in [2.75, 3.05) is 13.2 Å². The fourth-order valence-corrected chi connectivity index (χ4v) is 6.98. The lowest BCUT2D eigenvalue weighted by molar-refractivity contribution is -0.125. The van der Waals surface area contributed by atoms with E-state index in [9.17, 15) is 9.59 Å². The molecular formula is C37H67N3O4. The first-order valence-corrected chi connectivity index (χ1v) is 17.8. The van der Waals surface area contributed by atoms with Crippen molar-refractivity contribution in [3.05, 3.63) is 22.7 Å². The van der Waals surface area contributed by atoms with E-state index in [-0.39, 0.29) is 24.0 Å². The van der Waals surface area contributed by atoms with Gasteiger partial charge in [-0.15, -0.1) is 0 Å². The predicted molar refractivity (Wildman–Crippen MR) is 181 cm³/mol. The number of carbonyl (C=O) groups excluding carboxylic acids is 2. The van der Waals surface area contributed by atoms with Gasteiger partial charge in [0.05, 0.1) is 6.04 Å². The third-order valence-electron chi connectivity index (χ3n) is 10.3. The van der Waals surface area contributed by atoms with Gasteiger partial charge < -0.3 is 26.3 Å². The van der Waals surface area contributed by atoms with Gasteiger partial charge in [0.1, 0.15) is 17.1 Å². The van der Waals surface area contributed by atoms with Gasteiger partial charge in [-0.3, -0.25) is 9.59 Å². The maximum absolute atomic E-state index is 12.5. The van der Waals surface area contributed by atoms with E-state index in [0.29, 0.717) is 18.9 Å². The van der Waals surface area contributed by atoms with Crippen molar-refractivity contribution in [2.24, 2.45) is 41.1 Å². The summed E-state index contributed by atoms with van der Waals surface area (Å²) in [5, 5.41) is 2.91. The number of primary amides is 1. The smallest absolute Gasteiger partial charge is 0.257 e. The normalized spacial score (nSPS) is 24.0. The second-order valence-corrected chi connectivity index (χ2v) is 15.0. The largest absolute Gasteiger partial charge is 0.491 e. The molecule has 2 rings (SSSR count). The van der Waals surface area contributed by atoms with Gasteiger partial charge in [0, 0.05) is 18.4 Å². The molecule has 44 heavy (non-hydrogen) atoms. The minimum absolute atomic E-state index is 0.000942. The summed E-state index contributed by atoms with van der Waals surface area (Å²) in [6.45, 7) is 18.8. The molecule has 0 radical (unpaired) electrons. The lowest BCUT2D eigenvalue weighted by Crippen LogP contribution is -2.40. The van der Waals surface area contributed by atoms with Crippen molar-refractivity contribution in [3.8, 4) is 0 Å². The molecule has 254 valence electrons. The Labute approximate surface area is 269 Å². The minimum atomic E-state index is -0.624. The molecule has 1 heterocycles. The molecule has 0 aromatic heterocycles. The monoisotopic (exact) mass is 618 g/mol. The Morgan fingerprint density at radius 1 is 0.932 bits per heavy atom. The highest BCUT2D eigenvalue weighted by molar-refractivity contribution is 5.79. The summed E-state index contributed by atoms with van der Waals surface area (Å²) in [5.41, 5.74) is 13.0. The molecule has 1 unspecified atom stereocenters. The van der Waals surface area contributed by atoms with Gasteiger partial charge >= 0.3 is 0 Å². The number of nitrogens with one attached hydrogen (secondary N) is 1. The Morgan fingerprint density at radius 2 is 1.55 bits per heavy atom. The maximum Gasteiger partial charge on any atom is 0.257 e. The second kappa shape index (κ2) is 18.8. The van der Waals surface area contributed by atoms with Crippen molar-refractivity contribution in [3.63, 3.8) is 0 Å². The van der Waals surface area contributed by atoms with Gasteiger partial charge in [-0.05, 0) is 94.6 Å². The zero-order valence-electron chi connectivity index (χ0n) is 29.6. The first kappa shape index (κ1) is 38.2. The summed E-state index contributed by atoms with van der Waals surface area (Å²) in [4.78, 5) is 23.5. The number of carbonyl (C=O) groups is 2. The molecule has 1 fully saturated rings. The van der Waals surface area contributed by atoms with E-state index < -0.39 is 11.9 Å². The van der Waals surface area contributed by atoms with E-state index >= 15 is 0 Å². The van der Waals surface area contributed by atoms with Crippen molar-refractivity contribution in [2.45, 2.75) is 157 Å². The molecule has 7 heteroatoms. The van der Waals surface area contributed by atoms with Crippen molar-refractivity contribution >= 4 is 11.8 Å². The van der Waals surface area contributed by atoms with Crippen molar-refractivity contribution in [1.29, 1.82) is 0 Å². The van der Waals surface area contributed by atoms with Gasteiger partial charge in [-0.2, -0.15) is 0 Å². The number of allylic oxidation sites excluding steroid dienone is 4. The molecule has 2 aliphatic rings. The molecule has 1 aliphatic heterocycles. The number of amides is 2. The summed E-state index contributed by atoms with van der Waals surface area (Å²) in [7, 11) is 0. The fraction of sp³-hybridized carbons (Fsp3) is 0.838. The van der Waals surface area contributed by atoms with E-state index in [4.69, 9.17) is 20.9 Å². The van der Waals surface area contributed by atoms with E-state index in [2.05, 4.69) is 60.7 Å². The van der Waals surface area contributed by atoms with Crippen LogP contribution >= 0.6 is 0 Å². The first-order valence-electron chi connectivity index (χ1n) is 17.8. The Morgan fingerprint density at radius 3 is 2.16 bits per heavy atom. The molecule has 0 aromatic carbocycles. The quantitative estimate of drug-likeness (QED) is 0.113. The third kappa shape index (κ3) is 12.8. The third-order valence-corrected chi connectivity index (χ3v) is 10.3. The molecule has 5 N–H and O–H groups in total. The SMILES string of the molecule is CC1=C2O[C@](C)(CCC[C@H](C)CCC[C@H](C)CCCC(C)C)CCC2[C@H](C)C(OCC(=O)NCCCC[C@H](N)C(N)=O)=C1C. The summed E-state index contributed by atoms with van der Waals surface area (Å²) in [6, 6.07) is -0.624. The highest BCUT2D eigenvalue weighted by Gasteiger charge is 2.43. The molecule has 1 aliphatic carbocycles. The molecule has 0 saturated carbocycles. The van der Waals surface area contributed by atoms with Crippen LogP contribution in [0.1, 0.15) is 145 Å². The number of hydrogen-bond donors (Lipinski definition) is 3. The van der Waals surface area contributed by atoms with Gasteiger partial charge in [0.15, 0.2) is 6.61 Å². The fourth-order valence-electron chi connectivity index (χ4n) is 6.98. The van der Waals surface area contributed by atoms with Crippen LogP contribution in [0.4, 0.5) is 0 Å². The first-order chi connectivity index (χ1) is 20.7. The summed E-state index contributed by atoms with van der Waals surface area (Å²) in [6.07, 6.45) is 15.9. The van der Waals surface area contributed by atoms with Crippen molar-refractivity contribution in [1.82, 2.24) is 5.32 Å². The predicted octanol–water partition coefficient (Wildman–Crippen LogP) is 7.92. The molecule has 0 bridgehead atoms. The zero-order chi connectivity index (χ0) is 32.9. The minimum Gasteiger partial charge on any atom is -0.491 e. The van der Waals surface area contributed by atoms with Gasteiger partial charge in [-0.25, -0.2) is 0 Å². The molecule has 0 aromatic rings. The van der Waals surface area contributed by atoms with Crippen LogP contribution in [0.25, 0.3) is 0 Å². The highest BCUT2D eigenvalue weighted by Crippen LogP contribution is 2.48. The van der Waals surface area contributed by atoms with Crippen LogP contribution in [0, 0.1) is 29.6 Å². The van der Waals surface area contributed by atoms with Crippen LogP contribution < -0.4 is 16.8 Å². The number of fused-ring (bicyclic) bond motifs is 1. The van der Waals surface area contributed by atoms with Crippen LogP contribution in [0.5, 0.6) is 0 Å². The number of nitrogens with two attached hydrogens (primary N) is 2. The van der Waals surface area contributed by atoms with Gasteiger partial charge in [-0.1, -0.05) is 79.6 Å². The molecule has 0 spiro atoms. The van der Waals surface area contributed by atoms with Crippen LogP contribution in [0.15, 0.2) is 22.7 Å². The maximum atomic E-state index is 12.5. The molecule has 6 atom stereocenters. The lowest BCUT2D eigenvalue weighted by atomic mass is 9.73. The van der Waals surface area contributed by atoms with E-state index in [1.165, 1.54) is 51.4 Å². The number of rotatable bonds is 21. The van der Waals surface area contributed by atoms with Crippen LogP contribution in [-0.4, -0.2) is 36.6 Å². The number of unbranched alkanes of at least 4 members (excludes halogenated alkanes) is 1. The van der Waals surface area contributed by atoms with Gasteiger partial charge in [0.2, 0.25) is 5.91 Å². The Balaban J connectivity index is 1.78. The summed E-state index contributed by atoms with van der Waals surface area (Å²) >= 11 is 0. The average Bonchev–Trinajstić information content (AvgIpc) is 2.95. The van der Waals surface area contributed by atoms with E-state index in [1.54, 1.807) is 0 Å². The zero-order valence-corrected chi connectivity index (χ0v) is 29.6. The van der Waals surface area contributed by atoms with Crippen LogP contribution in [0.3, 0.4) is 0 Å². The van der Waals surface area contributed by atoms with Gasteiger partial charge in [0.25, 0.3) is 5.91 Å². The molecule has 1 saturated heterocycles. The Kier molecular flexibility index (Phi) is 16.3. The molecular weight excluding hydrogens is 550 g/mol. The lowest BCUT2D eigenvalue weighted by Gasteiger charge is -2.45. The molecule has 2 amide bonds. The number of hydrogen-bond acceptors (Lipinski definition) is 5. The average molecular weight is 618 g/mol.